The number of carboxylic acids is 1. The van der Waals surface area contributed by atoms with E-state index in [-0.39, 0.29) is 17.4 Å². The van der Waals surface area contributed by atoms with Crippen LogP contribution in [-0.4, -0.2) is 42.3 Å². The van der Waals surface area contributed by atoms with Crippen molar-refractivity contribution in [3.63, 3.8) is 0 Å². The van der Waals surface area contributed by atoms with Gasteiger partial charge in [-0.3, -0.25) is 4.90 Å². The number of hydrogen-bond acceptors (Lipinski definition) is 4. The monoisotopic (exact) mass is 381 g/mol. The third-order valence-corrected chi connectivity index (χ3v) is 4.26. The van der Waals surface area contributed by atoms with Gasteiger partial charge in [0.1, 0.15) is 17.6 Å². The van der Waals surface area contributed by atoms with Crippen LogP contribution < -0.4 is 9.47 Å². The van der Waals surface area contributed by atoms with Crippen LogP contribution in [0, 0.1) is 0 Å². The van der Waals surface area contributed by atoms with Crippen LogP contribution >= 0.6 is 0 Å². The normalized spacial score (nSPS) is 15.3. The van der Waals surface area contributed by atoms with Gasteiger partial charge in [0.15, 0.2) is 0 Å². The number of carboxylic acid groups (broad SMARTS) is 1. The van der Waals surface area contributed by atoms with Gasteiger partial charge in [-0.15, -0.1) is 0 Å². The summed E-state index contributed by atoms with van der Waals surface area (Å²) in [5.41, 5.74) is -0.0364. The minimum Gasteiger partial charge on any atom is -0.497 e. The number of carbonyl (C=O) groups is 1. The highest BCUT2D eigenvalue weighted by Crippen LogP contribution is 2.33. The van der Waals surface area contributed by atoms with E-state index in [0.717, 1.165) is 12.1 Å². The standard InChI is InChI=1S/C19H18F3NO4/c1-26-16-7-12(6-14(8-16)19(20,21)22)9-23-10-17(11-23)27-15-4-2-13(3-5-15)18(24)25/h2-8,17H,9-11H2,1H3,(H,24,25). The third-order valence-electron chi connectivity index (χ3n) is 4.26. The Bertz CT molecular complexity index is 815. The first kappa shape index (κ1) is 19.0. The van der Waals surface area contributed by atoms with Crippen LogP contribution in [0.2, 0.25) is 0 Å². The Balaban J connectivity index is 1.56. The zero-order valence-electron chi connectivity index (χ0n) is 14.5. The summed E-state index contributed by atoms with van der Waals surface area (Å²) in [6.07, 6.45) is -4.51. The number of aromatic carboxylic acids is 1. The Labute approximate surface area is 153 Å². The molecule has 0 amide bonds. The fourth-order valence-corrected chi connectivity index (χ4v) is 2.89. The molecule has 1 heterocycles. The molecule has 0 saturated carbocycles. The van der Waals surface area contributed by atoms with Gasteiger partial charge in [-0.05, 0) is 48.0 Å². The summed E-state index contributed by atoms with van der Waals surface area (Å²) in [5.74, 6) is -0.273. The average Bonchev–Trinajstić information content (AvgIpc) is 2.59. The Morgan fingerprint density at radius 1 is 1.15 bits per heavy atom. The molecule has 0 bridgehead atoms. The first-order valence-corrected chi connectivity index (χ1v) is 8.22. The van der Waals surface area contributed by atoms with Gasteiger partial charge < -0.3 is 14.6 Å². The molecule has 0 unspecified atom stereocenters. The molecule has 1 N–H and O–H groups in total. The number of benzene rings is 2. The van der Waals surface area contributed by atoms with Gasteiger partial charge in [0.2, 0.25) is 0 Å². The number of ether oxygens (including phenoxy) is 2. The number of alkyl halides is 3. The van der Waals surface area contributed by atoms with Crippen LogP contribution in [0.15, 0.2) is 42.5 Å². The summed E-state index contributed by atoms with van der Waals surface area (Å²) in [7, 11) is 1.34. The van der Waals surface area contributed by atoms with Gasteiger partial charge in [-0.25, -0.2) is 4.79 Å². The third kappa shape index (κ3) is 4.71. The van der Waals surface area contributed by atoms with Crippen LogP contribution in [0.3, 0.4) is 0 Å². The van der Waals surface area contributed by atoms with E-state index in [0.29, 0.717) is 30.9 Å². The van der Waals surface area contributed by atoms with Crippen molar-refractivity contribution in [2.75, 3.05) is 20.2 Å². The molecule has 0 radical (unpaired) electrons. The quantitative estimate of drug-likeness (QED) is 0.827. The second kappa shape index (κ2) is 7.48. The summed E-state index contributed by atoms with van der Waals surface area (Å²) in [4.78, 5) is 12.8. The van der Waals surface area contributed by atoms with Crippen molar-refractivity contribution in [2.45, 2.75) is 18.8 Å². The SMILES string of the molecule is COc1cc(CN2CC(Oc3ccc(C(=O)O)cc3)C2)cc(C(F)(F)F)c1. The Morgan fingerprint density at radius 2 is 1.81 bits per heavy atom. The predicted molar refractivity (Wildman–Crippen MR) is 91.1 cm³/mol. The zero-order chi connectivity index (χ0) is 19.6. The highest BCUT2D eigenvalue weighted by Gasteiger charge is 2.33. The lowest BCUT2D eigenvalue weighted by Crippen LogP contribution is -2.53. The molecule has 0 spiro atoms. The molecular weight excluding hydrogens is 363 g/mol. The van der Waals surface area contributed by atoms with E-state index in [1.54, 1.807) is 18.2 Å². The summed E-state index contributed by atoms with van der Waals surface area (Å²) in [5, 5.41) is 8.87. The maximum atomic E-state index is 13.0. The van der Waals surface area contributed by atoms with E-state index >= 15 is 0 Å². The van der Waals surface area contributed by atoms with Gasteiger partial charge in [0.25, 0.3) is 0 Å². The van der Waals surface area contributed by atoms with Crippen molar-refractivity contribution in [1.29, 1.82) is 0 Å². The van der Waals surface area contributed by atoms with E-state index in [4.69, 9.17) is 14.6 Å². The highest BCUT2D eigenvalue weighted by molar-refractivity contribution is 5.87. The van der Waals surface area contributed by atoms with E-state index < -0.39 is 17.7 Å². The molecule has 144 valence electrons. The lowest BCUT2D eigenvalue weighted by Gasteiger charge is -2.39. The molecule has 8 heteroatoms. The van der Waals surface area contributed by atoms with Crippen molar-refractivity contribution in [2.24, 2.45) is 0 Å². The average molecular weight is 381 g/mol. The predicted octanol–water partition coefficient (Wildman–Crippen LogP) is 3.68. The maximum absolute atomic E-state index is 13.0. The Hall–Kier alpha value is -2.74. The Morgan fingerprint density at radius 3 is 2.37 bits per heavy atom. The number of likely N-dealkylation sites (tertiary alicyclic amines) is 1. The summed E-state index contributed by atoms with van der Waals surface area (Å²) >= 11 is 0. The van der Waals surface area contributed by atoms with Crippen LogP contribution in [-0.2, 0) is 12.7 Å². The van der Waals surface area contributed by atoms with Crippen LogP contribution in [0.1, 0.15) is 21.5 Å². The topological polar surface area (TPSA) is 59.0 Å². The molecule has 1 aliphatic rings. The summed E-state index contributed by atoms with van der Waals surface area (Å²) < 4.78 is 49.6. The molecule has 5 nitrogen and oxygen atoms in total. The fourth-order valence-electron chi connectivity index (χ4n) is 2.89. The molecule has 0 aromatic heterocycles. The maximum Gasteiger partial charge on any atom is 0.416 e. The van der Waals surface area contributed by atoms with Gasteiger partial charge >= 0.3 is 12.1 Å². The molecule has 27 heavy (non-hydrogen) atoms. The van der Waals surface area contributed by atoms with Crippen LogP contribution in [0.25, 0.3) is 0 Å². The van der Waals surface area contributed by atoms with Gasteiger partial charge in [0.05, 0.1) is 18.2 Å². The zero-order valence-corrected chi connectivity index (χ0v) is 14.5. The van der Waals surface area contributed by atoms with E-state index in [1.165, 1.54) is 19.2 Å². The van der Waals surface area contributed by atoms with Crippen molar-refractivity contribution in [3.05, 3.63) is 59.2 Å². The van der Waals surface area contributed by atoms with E-state index in [9.17, 15) is 18.0 Å². The fraction of sp³-hybridized carbons (Fsp3) is 0.316. The smallest absolute Gasteiger partial charge is 0.416 e. The van der Waals surface area contributed by atoms with E-state index in [2.05, 4.69) is 0 Å². The lowest BCUT2D eigenvalue weighted by molar-refractivity contribution is -0.137. The summed E-state index contributed by atoms with van der Waals surface area (Å²) in [6, 6.07) is 9.79. The first-order chi connectivity index (χ1) is 12.7. The van der Waals surface area contributed by atoms with Crippen molar-refractivity contribution in [3.8, 4) is 11.5 Å². The molecule has 0 aliphatic carbocycles. The molecule has 3 rings (SSSR count). The molecule has 1 aliphatic heterocycles. The lowest BCUT2D eigenvalue weighted by atomic mass is 10.1. The summed E-state index contributed by atoms with van der Waals surface area (Å²) in [6.45, 7) is 1.50. The Kier molecular flexibility index (Phi) is 5.27. The molecule has 2 aromatic carbocycles. The number of halogens is 3. The second-order valence-electron chi connectivity index (χ2n) is 6.33. The van der Waals surface area contributed by atoms with Crippen molar-refractivity contribution >= 4 is 5.97 Å². The minimum atomic E-state index is -4.42. The van der Waals surface area contributed by atoms with Crippen LogP contribution in [0.5, 0.6) is 11.5 Å². The highest BCUT2D eigenvalue weighted by atomic mass is 19.4. The van der Waals surface area contributed by atoms with Gasteiger partial charge in [-0.2, -0.15) is 13.2 Å². The second-order valence-corrected chi connectivity index (χ2v) is 6.33. The first-order valence-electron chi connectivity index (χ1n) is 8.22. The molecule has 1 saturated heterocycles. The van der Waals surface area contributed by atoms with Gasteiger partial charge in [-0.1, -0.05) is 0 Å². The molecular formula is C19H18F3NO4. The number of nitrogens with zero attached hydrogens (tertiary/aromatic N) is 1. The largest absolute Gasteiger partial charge is 0.497 e. The number of rotatable bonds is 6. The van der Waals surface area contributed by atoms with Gasteiger partial charge in [0, 0.05) is 19.6 Å². The van der Waals surface area contributed by atoms with Crippen molar-refractivity contribution < 1.29 is 32.5 Å². The number of methoxy groups -OCH3 is 1. The molecule has 2 aromatic rings. The minimum absolute atomic E-state index is 0.0895. The molecule has 1 fully saturated rings. The van der Waals surface area contributed by atoms with E-state index in [1.807, 2.05) is 4.90 Å². The molecule has 0 atom stereocenters. The number of hydrogen-bond donors (Lipinski definition) is 1. The van der Waals surface area contributed by atoms with Crippen LogP contribution in [0.4, 0.5) is 13.2 Å². The van der Waals surface area contributed by atoms with Crippen molar-refractivity contribution in [1.82, 2.24) is 4.90 Å².